The first-order chi connectivity index (χ1) is 14.3. The average Bonchev–Trinajstić information content (AvgIpc) is 3.28. The second-order valence-electron chi connectivity index (χ2n) is 7.19. The monoisotopic (exact) mass is 410 g/mol. The molecule has 2 aromatic carbocycles. The predicted octanol–water partition coefficient (Wildman–Crippen LogP) is 2.78. The normalized spacial score (nSPS) is 13.8. The summed E-state index contributed by atoms with van der Waals surface area (Å²) < 4.78 is 18.2. The van der Waals surface area contributed by atoms with E-state index < -0.39 is 29.3 Å². The van der Waals surface area contributed by atoms with Crippen LogP contribution in [0.5, 0.6) is 0 Å². The van der Waals surface area contributed by atoms with Gasteiger partial charge in [0.1, 0.15) is 17.5 Å². The highest BCUT2D eigenvalue weighted by molar-refractivity contribution is 5.95. The third kappa shape index (κ3) is 5.55. The van der Waals surface area contributed by atoms with E-state index >= 15 is 0 Å². The fourth-order valence-corrected chi connectivity index (χ4v) is 2.99. The van der Waals surface area contributed by atoms with E-state index in [1.807, 2.05) is 30.3 Å². The smallest absolute Gasteiger partial charge is 0.287 e. The summed E-state index contributed by atoms with van der Waals surface area (Å²) in [4.78, 5) is 25.3. The van der Waals surface area contributed by atoms with E-state index in [4.69, 9.17) is 4.42 Å². The van der Waals surface area contributed by atoms with Gasteiger partial charge in [0.2, 0.25) is 5.91 Å². The van der Waals surface area contributed by atoms with Crippen molar-refractivity contribution in [2.45, 2.75) is 25.0 Å². The number of carbonyl (C=O) groups is 2. The van der Waals surface area contributed by atoms with Gasteiger partial charge in [0.05, 0.1) is 12.8 Å². The van der Waals surface area contributed by atoms with E-state index in [0.29, 0.717) is 5.56 Å². The minimum Gasteiger partial charge on any atom is -0.459 e. The molecule has 0 saturated carbocycles. The molecule has 0 unspecified atom stereocenters. The molecular formula is C23H23FN2O4. The van der Waals surface area contributed by atoms with Gasteiger partial charge >= 0.3 is 0 Å². The first-order valence-corrected chi connectivity index (χ1v) is 9.49. The number of aliphatic hydroxyl groups is 1. The number of benzene rings is 2. The van der Waals surface area contributed by atoms with Crippen molar-refractivity contribution in [2.75, 3.05) is 6.54 Å². The van der Waals surface area contributed by atoms with Crippen LogP contribution in [0, 0.1) is 5.82 Å². The Morgan fingerprint density at radius 2 is 1.77 bits per heavy atom. The highest BCUT2D eigenvalue weighted by Gasteiger charge is 2.28. The van der Waals surface area contributed by atoms with Crippen LogP contribution in [0.4, 0.5) is 4.39 Å². The van der Waals surface area contributed by atoms with Gasteiger partial charge in [-0.3, -0.25) is 9.59 Å². The zero-order valence-corrected chi connectivity index (χ0v) is 16.5. The van der Waals surface area contributed by atoms with Crippen LogP contribution in [0.3, 0.4) is 0 Å². The molecule has 2 atom stereocenters. The van der Waals surface area contributed by atoms with Crippen LogP contribution in [0.2, 0.25) is 0 Å². The number of hydrogen-bond donors (Lipinski definition) is 3. The molecular weight excluding hydrogens is 387 g/mol. The van der Waals surface area contributed by atoms with Crippen molar-refractivity contribution in [3.05, 3.63) is 95.7 Å². The molecule has 3 aromatic rings. The van der Waals surface area contributed by atoms with E-state index in [2.05, 4.69) is 10.6 Å². The van der Waals surface area contributed by atoms with Crippen LogP contribution in [-0.4, -0.2) is 29.5 Å². The van der Waals surface area contributed by atoms with Crippen molar-refractivity contribution >= 4 is 11.8 Å². The number of rotatable bonds is 8. The summed E-state index contributed by atoms with van der Waals surface area (Å²) in [7, 11) is 0. The maximum atomic E-state index is 13.1. The summed E-state index contributed by atoms with van der Waals surface area (Å²) in [5.41, 5.74) is -0.0859. The lowest BCUT2D eigenvalue weighted by Crippen LogP contribution is -2.50. The number of hydrogen-bond acceptors (Lipinski definition) is 4. The Bertz CT molecular complexity index is 970. The van der Waals surface area contributed by atoms with Crippen LogP contribution in [0.15, 0.2) is 77.4 Å². The number of carbonyl (C=O) groups excluding carboxylic acids is 2. The lowest BCUT2D eigenvalue weighted by atomic mass is 9.95. The molecule has 3 rings (SSSR count). The van der Waals surface area contributed by atoms with Gasteiger partial charge in [0.25, 0.3) is 5.91 Å². The van der Waals surface area contributed by atoms with Crippen LogP contribution >= 0.6 is 0 Å². The SMILES string of the molecule is C[C@@](O)(CNC(=O)[C@H](Cc1ccccc1)NC(=O)c1ccco1)c1ccc(F)cc1. The van der Waals surface area contributed by atoms with Crippen molar-refractivity contribution in [3.63, 3.8) is 0 Å². The first kappa shape index (κ1) is 21.3. The molecule has 0 bridgehead atoms. The fraction of sp³-hybridized carbons (Fsp3) is 0.217. The number of halogens is 1. The van der Waals surface area contributed by atoms with Crippen LogP contribution < -0.4 is 10.6 Å². The van der Waals surface area contributed by atoms with Gasteiger partial charge in [-0.2, -0.15) is 0 Å². The van der Waals surface area contributed by atoms with Crippen molar-refractivity contribution < 1.29 is 23.5 Å². The van der Waals surface area contributed by atoms with Gasteiger partial charge in [-0.25, -0.2) is 4.39 Å². The highest BCUT2D eigenvalue weighted by atomic mass is 19.1. The van der Waals surface area contributed by atoms with E-state index in [1.54, 1.807) is 6.07 Å². The molecule has 0 fully saturated rings. The highest BCUT2D eigenvalue weighted by Crippen LogP contribution is 2.20. The van der Waals surface area contributed by atoms with E-state index in [-0.39, 0.29) is 18.7 Å². The maximum Gasteiger partial charge on any atom is 0.287 e. The van der Waals surface area contributed by atoms with Crippen LogP contribution in [-0.2, 0) is 16.8 Å². The quantitative estimate of drug-likeness (QED) is 0.533. The van der Waals surface area contributed by atoms with Crippen molar-refractivity contribution in [2.24, 2.45) is 0 Å². The number of nitrogens with one attached hydrogen (secondary N) is 2. The summed E-state index contributed by atoms with van der Waals surface area (Å²) in [6.07, 6.45) is 1.64. The number of amides is 2. The van der Waals surface area contributed by atoms with Gasteiger partial charge in [0, 0.05) is 6.42 Å². The summed E-state index contributed by atoms with van der Waals surface area (Å²) in [6, 6.07) is 16.9. The Morgan fingerprint density at radius 1 is 1.07 bits per heavy atom. The molecule has 0 spiro atoms. The van der Waals surface area contributed by atoms with Crippen molar-refractivity contribution in [3.8, 4) is 0 Å². The minimum absolute atomic E-state index is 0.0965. The summed E-state index contributed by atoms with van der Waals surface area (Å²) >= 11 is 0. The molecule has 6 nitrogen and oxygen atoms in total. The standard InChI is InChI=1S/C23H23FN2O4/c1-23(29,17-9-11-18(24)12-10-17)15-25-21(27)19(14-16-6-3-2-4-7-16)26-22(28)20-8-5-13-30-20/h2-13,19,29H,14-15H2,1H3,(H,25,27)(H,26,28)/t19-,23+/m0/s1. The summed E-state index contributed by atoms with van der Waals surface area (Å²) in [6.45, 7) is 1.41. The number of furan rings is 1. The summed E-state index contributed by atoms with van der Waals surface area (Å²) in [5.74, 6) is -1.29. The summed E-state index contributed by atoms with van der Waals surface area (Å²) in [5, 5.41) is 16.0. The molecule has 0 aliphatic carbocycles. The van der Waals surface area contributed by atoms with E-state index in [1.165, 1.54) is 43.5 Å². The topological polar surface area (TPSA) is 91.6 Å². The molecule has 3 N–H and O–H groups in total. The second kappa shape index (κ2) is 9.37. The third-order valence-corrected chi connectivity index (χ3v) is 4.72. The Kier molecular flexibility index (Phi) is 6.64. The van der Waals surface area contributed by atoms with Crippen molar-refractivity contribution in [1.82, 2.24) is 10.6 Å². The largest absolute Gasteiger partial charge is 0.459 e. The maximum absolute atomic E-state index is 13.1. The molecule has 30 heavy (non-hydrogen) atoms. The van der Waals surface area contributed by atoms with Gasteiger partial charge in [-0.05, 0) is 42.3 Å². The predicted molar refractivity (Wildman–Crippen MR) is 109 cm³/mol. The van der Waals surface area contributed by atoms with Gasteiger partial charge in [0.15, 0.2) is 5.76 Å². The van der Waals surface area contributed by atoms with E-state index in [9.17, 15) is 19.1 Å². The van der Waals surface area contributed by atoms with E-state index in [0.717, 1.165) is 5.56 Å². The Balaban J connectivity index is 1.70. The average molecular weight is 410 g/mol. The molecule has 0 radical (unpaired) electrons. The van der Waals surface area contributed by atoms with Crippen LogP contribution in [0.1, 0.15) is 28.6 Å². The third-order valence-electron chi connectivity index (χ3n) is 4.72. The Labute approximate surface area is 173 Å². The zero-order chi connectivity index (χ0) is 21.6. The van der Waals surface area contributed by atoms with Gasteiger partial charge in [-0.1, -0.05) is 42.5 Å². The lowest BCUT2D eigenvalue weighted by Gasteiger charge is -2.26. The van der Waals surface area contributed by atoms with Crippen molar-refractivity contribution in [1.29, 1.82) is 0 Å². The molecule has 156 valence electrons. The fourth-order valence-electron chi connectivity index (χ4n) is 2.99. The molecule has 0 saturated heterocycles. The molecule has 1 aromatic heterocycles. The molecule has 2 amide bonds. The van der Waals surface area contributed by atoms with Crippen LogP contribution in [0.25, 0.3) is 0 Å². The molecule has 7 heteroatoms. The minimum atomic E-state index is -1.41. The molecule has 0 aliphatic heterocycles. The van der Waals surface area contributed by atoms with Gasteiger partial charge in [-0.15, -0.1) is 0 Å². The zero-order valence-electron chi connectivity index (χ0n) is 16.5. The van der Waals surface area contributed by atoms with Gasteiger partial charge < -0.3 is 20.2 Å². The lowest BCUT2D eigenvalue weighted by molar-refractivity contribution is -0.124. The molecule has 1 heterocycles. The Morgan fingerprint density at radius 3 is 2.40 bits per heavy atom. The first-order valence-electron chi connectivity index (χ1n) is 9.49. The molecule has 0 aliphatic rings. The Hall–Kier alpha value is -3.45. The second-order valence-corrected chi connectivity index (χ2v) is 7.19.